The fourth-order valence-electron chi connectivity index (χ4n) is 5.11. The zero-order chi connectivity index (χ0) is 48.0. The molecule has 344 valence electrons. The molecule has 1 heterocycles. The Kier molecular flexibility index (Phi) is 19.4. The number of esters is 6. The number of ether oxygens (including phenoxy) is 6. The molecule has 5 aromatic rings. The number of hydrogen-bond acceptors (Lipinski definition) is 18. The van der Waals surface area contributed by atoms with Crippen LogP contribution < -0.4 is 36.5 Å². The summed E-state index contributed by atoms with van der Waals surface area (Å²) in [6.07, 6.45) is 8.51. The van der Waals surface area contributed by atoms with Crippen LogP contribution in [0, 0.1) is 0 Å². The van der Waals surface area contributed by atoms with Crippen molar-refractivity contribution < 1.29 is 86.7 Å². The van der Waals surface area contributed by atoms with Gasteiger partial charge in [-0.1, -0.05) is 48.8 Å². The van der Waals surface area contributed by atoms with E-state index in [1.54, 1.807) is 24.3 Å². The van der Waals surface area contributed by atoms with E-state index >= 15 is 0 Å². The fraction of sp³-hybridized carbons (Fsp3) is 0.104. The van der Waals surface area contributed by atoms with Crippen molar-refractivity contribution in [1.82, 2.24) is 4.98 Å². The summed E-state index contributed by atoms with van der Waals surface area (Å²) in [6, 6.07) is 24.3. The molecule has 0 saturated carbocycles. The topological polar surface area (TPSA) is 221 Å². The van der Waals surface area contributed by atoms with Crippen LogP contribution in [0.15, 0.2) is 146 Å². The van der Waals surface area contributed by atoms with Crippen molar-refractivity contribution in [2.24, 2.45) is 5.10 Å². The average molecular weight is 1040 g/mol. The van der Waals surface area contributed by atoms with Gasteiger partial charge in [0.25, 0.3) is 0 Å². The Bertz CT molecular complexity index is 2700. The van der Waals surface area contributed by atoms with Gasteiger partial charge in [0.2, 0.25) is 5.13 Å². The predicted octanol–water partition coefficient (Wildman–Crippen LogP) is 3.85. The van der Waals surface area contributed by atoms with Crippen molar-refractivity contribution in [3.63, 3.8) is 0 Å². The summed E-state index contributed by atoms with van der Waals surface area (Å²) in [7, 11) is 0. The minimum absolute atomic E-state index is 0.0793. The van der Waals surface area contributed by atoms with Crippen molar-refractivity contribution in [2.45, 2.75) is 6.10 Å². The van der Waals surface area contributed by atoms with E-state index in [2.05, 4.69) is 35.2 Å². The minimum atomic E-state index is -1.09. The van der Waals surface area contributed by atoms with Crippen molar-refractivity contribution >= 4 is 86.8 Å². The van der Waals surface area contributed by atoms with E-state index in [0.717, 1.165) is 34.5 Å². The molecule has 0 aliphatic heterocycles. The second-order valence-corrected chi connectivity index (χ2v) is 16.2. The molecule has 0 amide bonds. The van der Waals surface area contributed by atoms with Crippen LogP contribution in [0.25, 0.3) is 22.4 Å². The van der Waals surface area contributed by atoms with Crippen molar-refractivity contribution in [3.8, 4) is 11.5 Å². The summed E-state index contributed by atoms with van der Waals surface area (Å²) >= 11 is 0.409. The zero-order valence-corrected chi connectivity index (χ0v) is 38.2. The summed E-state index contributed by atoms with van der Waals surface area (Å²) in [4.78, 5) is 89.7. The zero-order valence-electron chi connectivity index (χ0n) is 35.2. The Labute approximate surface area is 397 Å². The number of hydrazone groups is 1. The van der Waals surface area contributed by atoms with E-state index in [1.807, 2.05) is 24.3 Å². The Morgan fingerprint density at radius 2 is 1.28 bits per heavy atom. The fourth-order valence-corrected chi connectivity index (χ4v) is 7.00. The van der Waals surface area contributed by atoms with E-state index in [1.165, 1.54) is 78.2 Å². The number of halogens is 1. The number of benzene rings is 4. The number of para-hydroxylation sites is 1. The van der Waals surface area contributed by atoms with Gasteiger partial charge in [-0.05, 0) is 42.0 Å². The van der Waals surface area contributed by atoms with Gasteiger partial charge < -0.3 is 18.9 Å². The third-order valence-electron chi connectivity index (χ3n) is 8.30. The number of nitrogens with zero attached hydrogens (tertiary/aromatic N) is 2. The van der Waals surface area contributed by atoms with Gasteiger partial charge in [0.05, 0.1) is 22.0 Å². The maximum absolute atomic E-state index is 13.4. The summed E-state index contributed by atoms with van der Waals surface area (Å²) in [5, 5.41) is 4.80. The standard InChI is InChI=1S/C48H39IN3O14S/c1-4-41(53)60-26-25-49-66-45(57)24-16-32-11-17-33(18-12-32)46(58)64-36-21-22-39(35(27-36)28-50-52-48-51-38-9-7-8-10-40(38)67-48)65-47(59)34-19-13-31(14-20-34)15-23-44(56)62-30-37(63-43(55)6-3)29-61-42(54)5-2/h4-24,27-28,37H,1-3,25-26,29-30H2,(H,51,52)/q-1/b23-15+,24-16+,50-28+. The molecular weight excluding hydrogens is 1000 g/mol. The number of fused-ring (bicyclic) bond motifs is 1. The molecule has 1 unspecified atom stereocenters. The van der Waals surface area contributed by atoms with Crippen molar-refractivity contribution in [3.05, 3.63) is 169 Å². The molecule has 0 aliphatic carbocycles. The molecule has 0 saturated heterocycles. The molecule has 0 radical (unpaired) electrons. The molecule has 1 N–H and O–H groups in total. The van der Waals surface area contributed by atoms with Crippen LogP contribution in [-0.2, 0) is 46.0 Å². The first-order chi connectivity index (χ1) is 32.4. The first kappa shape index (κ1) is 50.0. The maximum atomic E-state index is 13.4. The van der Waals surface area contributed by atoms with Crippen LogP contribution in [0.5, 0.6) is 11.5 Å². The molecule has 0 bridgehead atoms. The number of aromatic nitrogens is 1. The second-order valence-electron chi connectivity index (χ2n) is 13.0. The first-order valence-electron chi connectivity index (χ1n) is 19.6. The van der Waals surface area contributed by atoms with Gasteiger partial charge in [0, 0.05) is 23.8 Å². The van der Waals surface area contributed by atoms with Crippen molar-refractivity contribution in [2.75, 3.05) is 29.7 Å². The van der Waals surface area contributed by atoms with E-state index in [4.69, 9.17) is 31.5 Å². The quantitative estimate of drug-likeness (QED) is 0.0113. The molecule has 1 aromatic heterocycles. The van der Waals surface area contributed by atoms with Crippen LogP contribution >= 0.6 is 11.3 Å². The number of thiazole rings is 1. The predicted molar refractivity (Wildman–Crippen MR) is 242 cm³/mol. The first-order valence-corrected chi connectivity index (χ1v) is 22.8. The molecule has 0 aliphatic rings. The van der Waals surface area contributed by atoms with E-state index in [9.17, 15) is 33.6 Å². The Hall–Kier alpha value is -8.04. The molecule has 17 nitrogen and oxygen atoms in total. The Morgan fingerprint density at radius 1 is 0.687 bits per heavy atom. The molecule has 0 fully saturated rings. The van der Waals surface area contributed by atoms with Gasteiger partial charge in [-0.15, -0.1) is 0 Å². The molecule has 5 rings (SSSR count). The number of rotatable bonds is 23. The Balaban J connectivity index is 1.22. The van der Waals surface area contributed by atoms with Gasteiger partial charge in [-0.2, -0.15) is 5.10 Å². The van der Waals surface area contributed by atoms with Crippen LogP contribution in [-0.4, -0.2) is 83.3 Å². The van der Waals surface area contributed by atoms with E-state index < -0.39 is 76.1 Å². The summed E-state index contributed by atoms with van der Waals surface area (Å²) < 4.78 is 37.9. The van der Waals surface area contributed by atoms with Gasteiger partial charge >= 0.3 is 179 Å². The van der Waals surface area contributed by atoms with Gasteiger partial charge in [0.15, 0.2) is 6.10 Å². The van der Waals surface area contributed by atoms with Gasteiger partial charge in [0.1, 0.15) is 19.0 Å². The van der Waals surface area contributed by atoms with Crippen LogP contribution in [0.3, 0.4) is 0 Å². The van der Waals surface area contributed by atoms with Crippen LogP contribution in [0.1, 0.15) is 37.4 Å². The van der Waals surface area contributed by atoms with E-state index in [-0.39, 0.29) is 41.4 Å². The average Bonchev–Trinajstić information content (AvgIpc) is 3.77. The third kappa shape index (κ3) is 16.8. The number of alkyl halides is 1. The normalized spacial score (nSPS) is 11.4. The van der Waals surface area contributed by atoms with Crippen LogP contribution in [0.2, 0.25) is 0 Å². The van der Waals surface area contributed by atoms with Gasteiger partial charge in [-0.25, -0.2) is 24.2 Å². The number of carbonyl (C=O) groups excluding carboxylic acids is 7. The molecule has 67 heavy (non-hydrogen) atoms. The summed E-state index contributed by atoms with van der Waals surface area (Å²) in [6.45, 7) is 9.24. The van der Waals surface area contributed by atoms with E-state index in [0.29, 0.717) is 20.7 Å². The van der Waals surface area contributed by atoms with Crippen molar-refractivity contribution in [1.29, 1.82) is 0 Å². The third-order valence-corrected chi connectivity index (χ3v) is 10.9. The number of nitrogens with one attached hydrogen (secondary N) is 1. The summed E-state index contributed by atoms with van der Waals surface area (Å²) in [5.74, 6) is -4.68. The molecular formula is C48H39IN3O14S-. The molecule has 0 spiro atoms. The Morgan fingerprint density at radius 3 is 1.93 bits per heavy atom. The second kappa shape index (κ2) is 26.1. The number of hydrogen-bond donors (Lipinski definition) is 1. The number of carbonyl (C=O) groups is 7. The van der Waals surface area contributed by atoms with Gasteiger partial charge in [-0.3, -0.25) is 5.43 Å². The molecule has 1 atom stereocenters. The summed E-state index contributed by atoms with van der Waals surface area (Å²) in [5.41, 5.74) is 5.43. The monoisotopic (exact) mass is 1040 g/mol. The SMILES string of the molecule is C=CC(=O)OCC[I-]OC(=O)/C=C/c1ccc(C(=O)Oc2ccc(OC(=O)c3ccc(/C=C/C(=O)OCC(COC(=O)C=C)OC(=O)C=C)cc3)c(/C=N/Nc3nc4ccccc4s3)c2)cc1. The number of anilines is 1. The van der Waals surface area contributed by atoms with Crippen LogP contribution in [0.4, 0.5) is 5.13 Å². The molecule has 4 aromatic carbocycles. The molecule has 19 heteroatoms.